The van der Waals surface area contributed by atoms with Gasteiger partial charge in [0.15, 0.2) is 0 Å². The van der Waals surface area contributed by atoms with E-state index in [9.17, 15) is 4.79 Å². The maximum absolute atomic E-state index is 11.1. The number of nitrogens with one attached hydrogen (secondary N) is 1. The molecule has 1 N–H and O–H groups in total. The highest BCUT2D eigenvalue weighted by molar-refractivity contribution is 5.73. The third kappa shape index (κ3) is 3.14. The minimum Gasteiger partial charge on any atom is -0.336 e. The Bertz CT molecular complexity index is 255. The number of imidazole rings is 1. The van der Waals surface area contributed by atoms with Crippen molar-refractivity contribution < 1.29 is 4.79 Å². The van der Waals surface area contributed by atoms with Gasteiger partial charge >= 0.3 is 6.03 Å². The first-order chi connectivity index (χ1) is 6.20. The van der Waals surface area contributed by atoms with E-state index >= 15 is 0 Å². The Balaban J connectivity index is 2.18. The van der Waals surface area contributed by atoms with Gasteiger partial charge in [0.25, 0.3) is 0 Å². The van der Waals surface area contributed by atoms with Crippen molar-refractivity contribution >= 4 is 6.03 Å². The minimum absolute atomic E-state index is 0.0693. The molecule has 0 bridgehead atoms. The Morgan fingerprint density at radius 3 is 2.92 bits per heavy atom. The van der Waals surface area contributed by atoms with Gasteiger partial charge in [0.1, 0.15) is 0 Å². The SMILES string of the molecule is CN(C)C(=O)NCCn1ccnc1. The van der Waals surface area contributed by atoms with Crippen LogP contribution in [0.4, 0.5) is 4.79 Å². The van der Waals surface area contributed by atoms with Gasteiger partial charge in [-0.05, 0) is 0 Å². The predicted octanol–water partition coefficient (Wildman–Crippen LogP) is 0.154. The van der Waals surface area contributed by atoms with Gasteiger partial charge in [-0.25, -0.2) is 9.78 Å². The number of carbonyl (C=O) groups excluding carboxylic acids is 1. The maximum Gasteiger partial charge on any atom is 0.316 e. The second kappa shape index (κ2) is 4.49. The maximum atomic E-state index is 11.1. The summed E-state index contributed by atoms with van der Waals surface area (Å²) in [6.07, 6.45) is 5.30. The van der Waals surface area contributed by atoms with Gasteiger partial charge in [-0.15, -0.1) is 0 Å². The molecule has 72 valence electrons. The minimum atomic E-state index is -0.0693. The molecule has 1 rings (SSSR count). The Hall–Kier alpha value is -1.52. The lowest BCUT2D eigenvalue weighted by Gasteiger charge is -2.11. The van der Waals surface area contributed by atoms with Crippen LogP contribution in [-0.2, 0) is 6.54 Å². The molecular weight excluding hydrogens is 168 g/mol. The Kier molecular flexibility index (Phi) is 3.31. The fourth-order valence-corrected chi connectivity index (χ4v) is 0.869. The largest absolute Gasteiger partial charge is 0.336 e. The standard InChI is InChI=1S/C8H14N4O/c1-11(2)8(13)10-4-6-12-5-3-9-7-12/h3,5,7H,4,6H2,1-2H3,(H,10,13). The van der Waals surface area contributed by atoms with E-state index in [1.54, 1.807) is 26.6 Å². The lowest BCUT2D eigenvalue weighted by Crippen LogP contribution is -2.36. The van der Waals surface area contributed by atoms with E-state index in [1.807, 2.05) is 10.8 Å². The van der Waals surface area contributed by atoms with E-state index < -0.39 is 0 Å². The average Bonchev–Trinajstić information content (AvgIpc) is 2.56. The second-order valence-electron chi connectivity index (χ2n) is 2.93. The normalized spacial score (nSPS) is 9.69. The second-order valence-corrected chi connectivity index (χ2v) is 2.93. The summed E-state index contributed by atoms with van der Waals surface area (Å²) in [6, 6.07) is -0.0693. The molecule has 0 aliphatic carbocycles. The zero-order chi connectivity index (χ0) is 9.68. The van der Waals surface area contributed by atoms with E-state index in [2.05, 4.69) is 10.3 Å². The number of hydrogen-bond acceptors (Lipinski definition) is 2. The van der Waals surface area contributed by atoms with Crippen molar-refractivity contribution in [3.05, 3.63) is 18.7 Å². The first kappa shape index (κ1) is 9.57. The van der Waals surface area contributed by atoms with Crippen molar-refractivity contribution in [1.82, 2.24) is 19.8 Å². The van der Waals surface area contributed by atoms with Crippen LogP contribution >= 0.6 is 0 Å². The molecule has 0 unspecified atom stereocenters. The molecule has 0 aliphatic rings. The number of amides is 2. The summed E-state index contributed by atoms with van der Waals surface area (Å²) in [5, 5.41) is 2.76. The van der Waals surface area contributed by atoms with Crippen LogP contribution in [0.15, 0.2) is 18.7 Å². The molecular formula is C8H14N4O. The van der Waals surface area contributed by atoms with E-state index in [0.717, 1.165) is 6.54 Å². The summed E-state index contributed by atoms with van der Waals surface area (Å²) in [7, 11) is 3.43. The van der Waals surface area contributed by atoms with Gasteiger partial charge in [-0.2, -0.15) is 0 Å². The summed E-state index contributed by atoms with van der Waals surface area (Å²) in [6.45, 7) is 1.37. The van der Waals surface area contributed by atoms with Crippen molar-refractivity contribution in [2.45, 2.75) is 6.54 Å². The van der Waals surface area contributed by atoms with E-state index in [1.165, 1.54) is 4.90 Å². The fourth-order valence-electron chi connectivity index (χ4n) is 0.869. The molecule has 0 aliphatic heterocycles. The predicted molar refractivity (Wildman–Crippen MR) is 49.3 cm³/mol. The Labute approximate surface area is 77.4 Å². The molecule has 1 aromatic heterocycles. The molecule has 5 nitrogen and oxygen atoms in total. The lowest BCUT2D eigenvalue weighted by molar-refractivity contribution is 0.217. The van der Waals surface area contributed by atoms with Gasteiger partial charge < -0.3 is 14.8 Å². The van der Waals surface area contributed by atoms with Crippen LogP contribution in [0.1, 0.15) is 0 Å². The quantitative estimate of drug-likeness (QED) is 0.723. The molecule has 13 heavy (non-hydrogen) atoms. The van der Waals surface area contributed by atoms with E-state index in [0.29, 0.717) is 6.54 Å². The van der Waals surface area contributed by atoms with Crippen molar-refractivity contribution in [2.75, 3.05) is 20.6 Å². The topological polar surface area (TPSA) is 50.2 Å². The molecule has 0 radical (unpaired) electrons. The van der Waals surface area contributed by atoms with Crippen molar-refractivity contribution in [1.29, 1.82) is 0 Å². The molecule has 0 atom stereocenters. The number of nitrogens with zero attached hydrogens (tertiary/aromatic N) is 3. The summed E-state index contributed by atoms with van der Waals surface area (Å²) < 4.78 is 1.91. The monoisotopic (exact) mass is 182 g/mol. The van der Waals surface area contributed by atoms with Gasteiger partial charge in [0.2, 0.25) is 0 Å². The van der Waals surface area contributed by atoms with Crippen molar-refractivity contribution in [3.8, 4) is 0 Å². The molecule has 0 aromatic carbocycles. The van der Waals surface area contributed by atoms with Gasteiger partial charge in [-0.1, -0.05) is 0 Å². The number of aromatic nitrogens is 2. The first-order valence-corrected chi connectivity index (χ1v) is 4.11. The van der Waals surface area contributed by atoms with Crippen LogP contribution in [0, 0.1) is 0 Å². The van der Waals surface area contributed by atoms with Crippen molar-refractivity contribution in [2.24, 2.45) is 0 Å². The highest BCUT2D eigenvalue weighted by Crippen LogP contribution is 1.84. The molecule has 0 saturated carbocycles. The summed E-state index contributed by atoms with van der Waals surface area (Å²) >= 11 is 0. The van der Waals surface area contributed by atoms with Crippen LogP contribution in [0.25, 0.3) is 0 Å². The highest BCUT2D eigenvalue weighted by Gasteiger charge is 2.00. The Morgan fingerprint density at radius 1 is 1.62 bits per heavy atom. The van der Waals surface area contributed by atoms with E-state index in [4.69, 9.17) is 0 Å². The summed E-state index contributed by atoms with van der Waals surface area (Å²) in [5.74, 6) is 0. The highest BCUT2D eigenvalue weighted by atomic mass is 16.2. The number of urea groups is 1. The molecule has 5 heteroatoms. The zero-order valence-corrected chi connectivity index (χ0v) is 7.90. The number of carbonyl (C=O) groups is 1. The van der Waals surface area contributed by atoms with E-state index in [-0.39, 0.29) is 6.03 Å². The average molecular weight is 182 g/mol. The molecule has 0 saturated heterocycles. The van der Waals surface area contributed by atoms with Gasteiger partial charge in [0, 0.05) is 39.6 Å². The molecule has 0 fully saturated rings. The molecule has 2 amide bonds. The van der Waals surface area contributed by atoms with Gasteiger partial charge in [0.05, 0.1) is 6.33 Å². The van der Waals surface area contributed by atoms with Crippen LogP contribution in [-0.4, -0.2) is 41.1 Å². The third-order valence-corrected chi connectivity index (χ3v) is 1.61. The molecule has 1 heterocycles. The summed E-state index contributed by atoms with van der Waals surface area (Å²) in [4.78, 5) is 16.5. The van der Waals surface area contributed by atoms with Crippen LogP contribution in [0.5, 0.6) is 0 Å². The first-order valence-electron chi connectivity index (χ1n) is 4.11. The van der Waals surface area contributed by atoms with Crippen molar-refractivity contribution in [3.63, 3.8) is 0 Å². The van der Waals surface area contributed by atoms with Crippen LogP contribution in [0.3, 0.4) is 0 Å². The third-order valence-electron chi connectivity index (χ3n) is 1.61. The Morgan fingerprint density at radius 2 is 2.38 bits per heavy atom. The molecule has 0 spiro atoms. The lowest BCUT2D eigenvalue weighted by atomic mass is 10.6. The van der Waals surface area contributed by atoms with Crippen LogP contribution < -0.4 is 5.32 Å². The smallest absolute Gasteiger partial charge is 0.316 e. The molecule has 1 aromatic rings. The zero-order valence-electron chi connectivity index (χ0n) is 7.90. The number of hydrogen-bond donors (Lipinski definition) is 1. The summed E-state index contributed by atoms with van der Waals surface area (Å²) in [5.41, 5.74) is 0. The number of rotatable bonds is 3. The fraction of sp³-hybridized carbons (Fsp3) is 0.500. The van der Waals surface area contributed by atoms with Crippen LogP contribution in [0.2, 0.25) is 0 Å². The van der Waals surface area contributed by atoms with Gasteiger partial charge in [-0.3, -0.25) is 0 Å².